The highest BCUT2D eigenvalue weighted by Gasteiger charge is 2.23. The number of benzene rings is 4. The van der Waals surface area contributed by atoms with Crippen molar-refractivity contribution in [2.75, 3.05) is 17.7 Å². The summed E-state index contributed by atoms with van der Waals surface area (Å²) in [4.78, 5) is 42.0. The van der Waals surface area contributed by atoms with Crippen LogP contribution in [0, 0.1) is 10.1 Å². The van der Waals surface area contributed by atoms with E-state index >= 15 is 0 Å². The van der Waals surface area contributed by atoms with Crippen molar-refractivity contribution < 1.29 is 19.2 Å². The van der Waals surface area contributed by atoms with E-state index in [1.165, 1.54) is 47.4 Å². The first kappa shape index (κ1) is 28.5. The van der Waals surface area contributed by atoms with Gasteiger partial charge in [0.05, 0.1) is 17.7 Å². The van der Waals surface area contributed by atoms with Gasteiger partial charge in [-0.1, -0.05) is 36.4 Å². The molecular weight excluding hydrogens is 572 g/mol. The minimum Gasteiger partial charge on any atom is -0.497 e. The van der Waals surface area contributed by atoms with Crippen LogP contribution in [-0.2, 0) is 4.79 Å². The van der Waals surface area contributed by atoms with Crippen LogP contribution < -0.4 is 15.4 Å². The normalized spacial score (nSPS) is 11.4. The maximum atomic E-state index is 13.5. The molecule has 0 bridgehead atoms. The van der Waals surface area contributed by atoms with E-state index in [9.17, 15) is 19.7 Å². The number of thiazole rings is 1. The molecule has 1 aromatic heterocycles. The summed E-state index contributed by atoms with van der Waals surface area (Å²) < 4.78 is 5.22. The van der Waals surface area contributed by atoms with Gasteiger partial charge in [-0.05, 0) is 60.2 Å². The molecule has 0 fully saturated rings. The second kappa shape index (κ2) is 13.1. The molecule has 4 aromatic carbocycles. The summed E-state index contributed by atoms with van der Waals surface area (Å²) in [5.74, 6) is 0.0751. The maximum Gasteiger partial charge on any atom is 0.270 e. The Labute approximate surface area is 249 Å². The van der Waals surface area contributed by atoms with E-state index < -0.39 is 16.1 Å². The summed E-state index contributed by atoms with van der Waals surface area (Å²) in [6.07, 6.45) is 0. The maximum absolute atomic E-state index is 13.5. The van der Waals surface area contributed by atoms with Gasteiger partial charge in [-0.3, -0.25) is 19.7 Å². The lowest BCUT2D eigenvalue weighted by atomic mass is 10.1. The third-order valence-electron chi connectivity index (χ3n) is 6.15. The summed E-state index contributed by atoms with van der Waals surface area (Å²) in [6, 6.07) is 29.6. The number of carbonyl (C=O) groups excluding carboxylic acids is 2. The molecule has 0 saturated carbocycles. The van der Waals surface area contributed by atoms with Gasteiger partial charge in [0.15, 0.2) is 5.13 Å². The molecule has 0 spiro atoms. The smallest absolute Gasteiger partial charge is 0.270 e. The number of rotatable bonds is 10. The van der Waals surface area contributed by atoms with Gasteiger partial charge in [0, 0.05) is 39.2 Å². The number of non-ortho nitro benzene ring substituents is 1. The predicted octanol–water partition coefficient (Wildman–Crippen LogP) is 7.45. The Hall–Kier alpha value is -5.00. The van der Waals surface area contributed by atoms with E-state index in [0.717, 1.165) is 27.5 Å². The molecule has 2 N–H and O–H groups in total. The van der Waals surface area contributed by atoms with Crippen molar-refractivity contribution in [3.05, 3.63) is 130 Å². The number of amides is 2. The van der Waals surface area contributed by atoms with Crippen LogP contribution in [0.5, 0.6) is 5.75 Å². The van der Waals surface area contributed by atoms with E-state index in [4.69, 9.17) is 4.74 Å². The summed E-state index contributed by atoms with van der Waals surface area (Å²) in [6.45, 7) is 0. The second-order valence-electron chi connectivity index (χ2n) is 8.95. The van der Waals surface area contributed by atoms with Crippen molar-refractivity contribution in [3.8, 4) is 17.0 Å². The van der Waals surface area contributed by atoms with Gasteiger partial charge in [-0.2, -0.15) is 0 Å². The number of nitrogens with one attached hydrogen (secondary N) is 2. The lowest BCUT2D eigenvalue weighted by Crippen LogP contribution is -2.19. The van der Waals surface area contributed by atoms with Crippen LogP contribution in [0.25, 0.3) is 11.3 Å². The molecule has 5 rings (SSSR count). The van der Waals surface area contributed by atoms with Gasteiger partial charge in [0.2, 0.25) is 5.91 Å². The molecule has 0 radical (unpaired) electrons. The van der Waals surface area contributed by atoms with Gasteiger partial charge < -0.3 is 15.4 Å². The summed E-state index contributed by atoms with van der Waals surface area (Å²) in [5.41, 5.74) is 3.04. The third-order valence-corrected chi connectivity index (χ3v) is 8.17. The SMILES string of the molecule is COc1ccc(-c2csc(NC(=O)C(Sc3ccc(NC(=O)c4cccc([N+](=O)[O-])c4)cc3)c3ccccc3)n2)cc1. The van der Waals surface area contributed by atoms with E-state index in [-0.39, 0.29) is 17.2 Å². The van der Waals surface area contributed by atoms with Crippen LogP contribution in [0.3, 0.4) is 0 Å². The first-order valence-electron chi connectivity index (χ1n) is 12.7. The number of carbonyl (C=O) groups is 2. The van der Waals surface area contributed by atoms with Gasteiger partial charge in [-0.25, -0.2) is 4.98 Å². The number of nitrogens with zero attached hydrogens (tertiary/aromatic N) is 2. The Bertz CT molecular complexity index is 1710. The Kier molecular flexibility index (Phi) is 8.90. The largest absolute Gasteiger partial charge is 0.497 e. The number of nitro benzene ring substituents is 1. The van der Waals surface area contributed by atoms with Crippen molar-refractivity contribution >= 4 is 51.4 Å². The number of ether oxygens (including phenoxy) is 1. The molecule has 0 aliphatic heterocycles. The molecule has 1 unspecified atom stereocenters. The number of hydrogen-bond donors (Lipinski definition) is 2. The topological polar surface area (TPSA) is 123 Å². The highest BCUT2D eigenvalue weighted by atomic mass is 32.2. The second-order valence-corrected chi connectivity index (χ2v) is 11.0. The van der Waals surface area contributed by atoms with Crippen LogP contribution in [-0.4, -0.2) is 28.8 Å². The minimum atomic E-state index is -0.565. The number of thioether (sulfide) groups is 1. The molecular formula is C31H24N4O5S2. The van der Waals surface area contributed by atoms with E-state index in [1.807, 2.05) is 72.1 Å². The molecule has 210 valence electrons. The molecule has 9 nitrogen and oxygen atoms in total. The number of anilines is 2. The number of nitro groups is 1. The summed E-state index contributed by atoms with van der Waals surface area (Å²) >= 11 is 2.72. The molecule has 0 aliphatic rings. The molecule has 1 atom stereocenters. The quantitative estimate of drug-likeness (QED) is 0.0975. The van der Waals surface area contributed by atoms with Crippen molar-refractivity contribution in [1.29, 1.82) is 0 Å². The molecule has 5 aromatic rings. The van der Waals surface area contributed by atoms with E-state index in [1.54, 1.807) is 19.2 Å². The minimum absolute atomic E-state index is 0.158. The van der Waals surface area contributed by atoms with Crippen LogP contribution >= 0.6 is 23.1 Å². The fourth-order valence-electron chi connectivity index (χ4n) is 4.01. The van der Waals surface area contributed by atoms with Crippen LogP contribution in [0.1, 0.15) is 21.2 Å². The Morgan fingerprint density at radius 1 is 0.929 bits per heavy atom. The van der Waals surface area contributed by atoms with Gasteiger partial charge in [-0.15, -0.1) is 23.1 Å². The Morgan fingerprint density at radius 3 is 2.36 bits per heavy atom. The van der Waals surface area contributed by atoms with Gasteiger partial charge in [0.1, 0.15) is 11.0 Å². The zero-order valence-electron chi connectivity index (χ0n) is 22.2. The van der Waals surface area contributed by atoms with Crippen molar-refractivity contribution in [2.45, 2.75) is 10.1 Å². The number of methoxy groups -OCH3 is 1. The van der Waals surface area contributed by atoms with Gasteiger partial charge in [0.25, 0.3) is 11.6 Å². The average Bonchev–Trinajstić information content (AvgIpc) is 3.49. The number of hydrogen-bond acceptors (Lipinski definition) is 8. The number of aromatic nitrogens is 1. The van der Waals surface area contributed by atoms with Gasteiger partial charge >= 0.3 is 0 Å². The monoisotopic (exact) mass is 596 g/mol. The van der Waals surface area contributed by atoms with Crippen molar-refractivity contribution in [3.63, 3.8) is 0 Å². The molecule has 0 saturated heterocycles. The fraction of sp³-hybridized carbons (Fsp3) is 0.0645. The highest BCUT2D eigenvalue weighted by molar-refractivity contribution is 8.00. The first-order chi connectivity index (χ1) is 20.4. The van der Waals surface area contributed by atoms with E-state index in [2.05, 4.69) is 15.6 Å². The van der Waals surface area contributed by atoms with E-state index in [0.29, 0.717) is 10.8 Å². The standard InChI is InChI=1S/C31H24N4O5S2/c1-40-25-14-10-20(11-15-25)27-19-41-31(33-27)34-30(37)28(21-6-3-2-4-7-21)42-26-16-12-23(13-17-26)32-29(36)22-8-5-9-24(18-22)35(38)39/h2-19,28H,1H3,(H,32,36)(H,33,34,37). The zero-order chi connectivity index (χ0) is 29.5. The lowest BCUT2D eigenvalue weighted by molar-refractivity contribution is -0.384. The predicted molar refractivity (Wildman–Crippen MR) is 165 cm³/mol. The first-order valence-corrected chi connectivity index (χ1v) is 14.4. The molecule has 1 heterocycles. The van der Waals surface area contributed by atoms with Crippen LogP contribution in [0.2, 0.25) is 0 Å². The van der Waals surface area contributed by atoms with Crippen LogP contribution in [0.15, 0.2) is 113 Å². The lowest BCUT2D eigenvalue weighted by Gasteiger charge is -2.16. The average molecular weight is 597 g/mol. The molecule has 42 heavy (non-hydrogen) atoms. The highest BCUT2D eigenvalue weighted by Crippen LogP contribution is 2.37. The Morgan fingerprint density at radius 2 is 1.67 bits per heavy atom. The molecule has 0 aliphatic carbocycles. The molecule has 2 amide bonds. The molecule has 11 heteroatoms. The Balaban J connectivity index is 1.28. The van der Waals surface area contributed by atoms with Crippen molar-refractivity contribution in [1.82, 2.24) is 4.98 Å². The van der Waals surface area contributed by atoms with Crippen LogP contribution in [0.4, 0.5) is 16.5 Å². The fourth-order valence-corrected chi connectivity index (χ4v) is 5.76. The third kappa shape index (κ3) is 7.00. The van der Waals surface area contributed by atoms with Crippen molar-refractivity contribution in [2.24, 2.45) is 0 Å². The summed E-state index contributed by atoms with van der Waals surface area (Å²) in [7, 11) is 1.61. The summed E-state index contributed by atoms with van der Waals surface area (Å²) in [5, 5.41) is 18.6. The zero-order valence-corrected chi connectivity index (χ0v) is 23.9.